The second-order valence-corrected chi connectivity index (χ2v) is 22.7. The third kappa shape index (κ3) is 11.3. The summed E-state index contributed by atoms with van der Waals surface area (Å²) in [5, 5.41) is 12.6. The molecule has 73 heavy (non-hydrogen) atoms. The number of nitrogens with one attached hydrogen (secondary N) is 5. The van der Waals surface area contributed by atoms with Gasteiger partial charge in [0.15, 0.2) is 5.82 Å². The molecule has 1 saturated carbocycles. The van der Waals surface area contributed by atoms with Crippen molar-refractivity contribution in [2.45, 2.75) is 69.1 Å². The maximum absolute atomic E-state index is 12.8. The van der Waals surface area contributed by atoms with E-state index < -0.39 is 14.5 Å². The van der Waals surface area contributed by atoms with E-state index in [4.69, 9.17) is 24.5 Å². The summed E-state index contributed by atoms with van der Waals surface area (Å²) >= 11 is 0. The summed E-state index contributed by atoms with van der Waals surface area (Å²) in [6.07, 6.45) is 12.3. The number of hydrogen-bond donors (Lipinski definition) is 5. The number of pyridine rings is 2. The highest BCUT2D eigenvalue weighted by Gasteiger charge is 2.53. The quantitative estimate of drug-likeness (QED) is 0.0611. The maximum atomic E-state index is 12.8. The van der Waals surface area contributed by atoms with Crippen LogP contribution in [-0.4, -0.2) is 136 Å². The van der Waals surface area contributed by atoms with Crippen molar-refractivity contribution in [1.29, 1.82) is 4.78 Å². The first kappa shape index (κ1) is 49.8. The summed E-state index contributed by atoms with van der Waals surface area (Å²) in [6, 6.07) is 26.1. The molecule has 11 rings (SSSR count). The lowest BCUT2D eigenvalue weighted by molar-refractivity contribution is -0.117. The first-order chi connectivity index (χ1) is 35.3. The van der Waals surface area contributed by atoms with E-state index in [9.17, 15) is 13.8 Å². The van der Waals surface area contributed by atoms with Crippen LogP contribution in [0.4, 0.5) is 34.3 Å². The molecule has 1 aliphatic carbocycles. The highest BCUT2D eigenvalue weighted by Crippen LogP contribution is 2.53. The number of benzene rings is 3. The van der Waals surface area contributed by atoms with Crippen molar-refractivity contribution in [2.24, 2.45) is 0 Å². The molecule has 3 saturated heterocycles. The minimum Gasteiger partial charge on any atom is -0.378 e. The van der Waals surface area contributed by atoms with Gasteiger partial charge in [-0.2, -0.15) is 0 Å². The third-order valence-corrected chi connectivity index (χ3v) is 16.8. The molecule has 5 N–H and O–H groups in total. The Balaban J connectivity index is 0.000000182. The van der Waals surface area contributed by atoms with Gasteiger partial charge >= 0.3 is 0 Å². The van der Waals surface area contributed by atoms with Gasteiger partial charge in [-0.1, -0.05) is 0 Å². The van der Waals surface area contributed by atoms with Crippen LogP contribution in [0, 0.1) is 4.78 Å². The van der Waals surface area contributed by atoms with Crippen molar-refractivity contribution in [3.8, 4) is 11.4 Å². The van der Waals surface area contributed by atoms with Crippen LogP contribution in [0.1, 0.15) is 64.0 Å². The van der Waals surface area contributed by atoms with Gasteiger partial charge in [0, 0.05) is 116 Å². The van der Waals surface area contributed by atoms with Crippen molar-refractivity contribution in [3.63, 3.8) is 0 Å². The Bertz CT molecular complexity index is 3150. The van der Waals surface area contributed by atoms with E-state index in [-0.39, 0.29) is 17.9 Å². The van der Waals surface area contributed by atoms with Gasteiger partial charge < -0.3 is 45.3 Å². The minimum absolute atomic E-state index is 0.00954. The fourth-order valence-corrected chi connectivity index (χ4v) is 11.7. The molecule has 7 aromatic rings. The van der Waals surface area contributed by atoms with E-state index in [1.54, 1.807) is 6.20 Å². The van der Waals surface area contributed by atoms with E-state index in [0.29, 0.717) is 37.6 Å². The van der Waals surface area contributed by atoms with Gasteiger partial charge in [-0.3, -0.25) is 14.4 Å². The average Bonchev–Trinajstić information content (AvgIpc) is 3.71. The normalized spacial score (nSPS) is 18.6. The lowest BCUT2D eigenvalue weighted by atomic mass is 10.1. The van der Waals surface area contributed by atoms with Crippen LogP contribution in [0.5, 0.6) is 0 Å². The molecule has 4 aliphatic rings. The predicted molar refractivity (Wildman–Crippen MR) is 294 cm³/mol. The fraction of sp³-hybridized carbons (Fsp3) is 0.418. The van der Waals surface area contributed by atoms with Crippen LogP contribution in [0.3, 0.4) is 0 Å². The number of amides is 2. The summed E-state index contributed by atoms with van der Waals surface area (Å²) in [5.41, 5.74) is 8.35. The SMILES string of the molecule is CC1COCCN1c1cc(C2(S(C)(=N)=O)CC2)nc(-c2ccnc3[nH]ccc23)n1.CN(C)c1ccc(Nc2c3ccc(NC(=O)CCN4CCCC4)cc3nc3cc(NC(=O)CCN4CCCC4)ccc23)cc1. The summed E-state index contributed by atoms with van der Waals surface area (Å²) in [4.78, 5) is 56.7. The number of carbonyl (C=O) groups is 2. The minimum atomic E-state index is -2.79. The number of rotatable bonds is 15. The highest BCUT2D eigenvalue weighted by molar-refractivity contribution is 7.93. The molecule has 2 atom stereocenters. The van der Waals surface area contributed by atoms with Crippen molar-refractivity contribution >= 4 is 88.6 Å². The molecule has 382 valence electrons. The van der Waals surface area contributed by atoms with Crippen LogP contribution >= 0.6 is 0 Å². The maximum Gasteiger partial charge on any atom is 0.225 e. The smallest absolute Gasteiger partial charge is 0.225 e. The Kier molecular flexibility index (Phi) is 14.6. The van der Waals surface area contributed by atoms with Gasteiger partial charge in [0.2, 0.25) is 11.8 Å². The Morgan fingerprint density at radius 1 is 0.781 bits per heavy atom. The average molecular weight is 1010 g/mol. The molecular weight excluding hydrogens is 939 g/mol. The number of fused-ring (bicyclic) bond motifs is 3. The van der Waals surface area contributed by atoms with Gasteiger partial charge in [0.25, 0.3) is 0 Å². The van der Waals surface area contributed by atoms with E-state index in [1.165, 1.54) is 31.9 Å². The number of likely N-dealkylation sites (tertiary alicyclic amines) is 2. The van der Waals surface area contributed by atoms with E-state index >= 15 is 0 Å². The molecule has 2 unspecified atom stereocenters. The number of anilines is 6. The van der Waals surface area contributed by atoms with Crippen LogP contribution in [0.2, 0.25) is 0 Å². The van der Waals surface area contributed by atoms with E-state index in [1.807, 2.05) is 74.9 Å². The summed E-state index contributed by atoms with van der Waals surface area (Å²) in [7, 11) is 1.26. The summed E-state index contributed by atoms with van der Waals surface area (Å²) in [5.74, 6) is 1.40. The first-order valence-electron chi connectivity index (χ1n) is 25.7. The van der Waals surface area contributed by atoms with Crippen LogP contribution in [0.25, 0.3) is 44.2 Å². The number of nitrogens with zero attached hydrogens (tertiary/aromatic N) is 8. The van der Waals surface area contributed by atoms with E-state index in [2.05, 4.69) is 76.7 Å². The molecule has 0 bridgehead atoms. The zero-order valence-electron chi connectivity index (χ0n) is 42.4. The van der Waals surface area contributed by atoms with Gasteiger partial charge in [0.1, 0.15) is 11.5 Å². The van der Waals surface area contributed by atoms with Gasteiger partial charge in [0.05, 0.1) is 56.1 Å². The van der Waals surface area contributed by atoms with Crippen molar-refractivity contribution < 1.29 is 18.5 Å². The standard InChI is InChI=1S/C35H43N7O2.C20H24N6O2S/c1-40(2)28-11-7-25(8-12-28)38-35-29-13-9-26(36-33(43)15-21-41-17-3-4-18-41)23-31(29)39-32-24-27(10-14-30(32)35)37-34(44)16-22-42-19-5-6-20-42;1-13-12-28-10-9-26(13)17-11-16(20(5-6-20)29(2,21)27)24-19(25-17)15-4-8-23-18-14(15)3-7-22-18/h7-14,23-24H,3-6,15-22H2,1-2H3,(H,36,43)(H,37,44)(H,38,39);3-4,7-8,11,13,21H,5-6,9-10,12H2,1-2H3,(H,22,23). The van der Waals surface area contributed by atoms with Gasteiger partial charge in [-0.25, -0.2) is 24.1 Å². The topological polar surface area (TPSA) is 201 Å². The Labute approximate surface area is 427 Å². The first-order valence-corrected chi connectivity index (χ1v) is 27.6. The molecule has 17 nitrogen and oxygen atoms in total. The third-order valence-electron chi connectivity index (χ3n) is 14.7. The second-order valence-electron chi connectivity index (χ2n) is 20.2. The highest BCUT2D eigenvalue weighted by atomic mass is 32.2. The van der Waals surface area contributed by atoms with Gasteiger partial charge in [-0.05, 0) is 144 Å². The molecular formula is C55H67N13O4S. The van der Waals surface area contributed by atoms with Gasteiger partial charge in [-0.15, -0.1) is 0 Å². The number of carbonyl (C=O) groups excluding carboxylic acids is 2. The molecule has 0 spiro atoms. The molecule has 2 amide bonds. The van der Waals surface area contributed by atoms with Crippen LogP contribution < -0.4 is 25.8 Å². The molecule has 18 heteroatoms. The summed E-state index contributed by atoms with van der Waals surface area (Å²) in [6.45, 7) is 10.0. The number of aromatic nitrogens is 5. The molecule has 0 radical (unpaired) electrons. The monoisotopic (exact) mass is 1010 g/mol. The zero-order valence-corrected chi connectivity index (χ0v) is 43.2. The number of hydrogen-bond acceptors (Lipinski definition) is 14. The second kappa shape index (κ2) is 21.4. The zero-order chi connectivity index (χ0) is 50.7. The van der Waals surface area contributed by atoms with Crippen LogP contribution in [0.15, 0.2) is 91.3 Å². The van der Waals surface area contributed by atoms with E-state index in [0.717, 1.165) is 131 Å². The van der Waals surface area contributed by atoms with Crippen molar-refractivity contribution in [2.75, 3.05) is 105 Å². The predicted octanol–water partition coefficient (Wildman–Crippen LogP) is 8.96. The molecule has 3 aromatic carbocycles. The van der Waals surface area contributed by atoms with Crippen LogP contribution in [-0.2, 0) is 28.8 Å². The van der Waals surface area contributed by atoms with Crippen molar-refractivity contribution in [1.82, 2.24) is 34.7 Å². The molecule has 4 fully saturated rings. The largest absolute Gasteiger partial charge is 0.378 e. The Morgan fingerprint density at radius 3 is 1.95 bits per heavy atom. The Hall–Kier alpha value is -6.73. The lowest BCUT2D eigenvalue weighted by Crippen LogP contribution is -2.44. The number of ether oxygens (including phenoxy) is 1. The van der Waals surface area contributed by atoms with Crippen molar-refractivity contribution in [3.05, 3.63) is 97.0 Å². The summed E-state index contributed by atoms with van der Waals surface area (Å²) < 4.78 is 26.0. The number of aromatic amines is 1. The molecule has 7 heterocycles. The number of morpholine rings is 1. The fourth-order valence-electron chi connectivity index (χ4n) is 10.3. The lowest BCUT2D eigenvalue weighted by Gasteiger charge is -2.35. The molecule has 4 aromatic heterocycles. The number of H-pyrrole nitrogens is 1. The molecule has 3 aliphatic heterocycles. The Morgan fingerprint density at radius 2 is 1.38 bits per heavy atom.